The van der Waals surface area contributed by atoms with E-state index in [9.17, 15) is 10.2 Å². The van der Waals surface area contributed by atoms with E-state index in [-0.39, 0.29) is 5.75 Å². The summed E-state index contributed by atoms with van der Waals surface area (Å²) in [6.45, 7) is 3.75. The van der Waals surface area contributed by atoms with Crippen LogP contribution in [0.25, 0.3) is 11.1 Å². The number of rotatable bonds is 2. The van der Waals surface area contributed by atoms with E-state index in [0.717, 1.165) is 22.4 Å². The summed E-state index contributed by atoms with van der Waals surface area (Å²) in [6, 6.07) is 10.9. The van der Waals surface area contributed by atoms with E-state index in [4.69, 9.17) is 9.47 Å². The first-order valence-electron chi connectivity index (χ1n) is 7.28. The minimum absolute atomic E-state index is 0.231. The molecule has 0 unspecified atom stereocenters. The number of aliphatic hydroxyl groups excluding tert-OH is 1. The van der Waals surface area contributed by atoms with Gasteiger partial charge in [-0.05, 0) is 49.2 Å². The minimum atomic E-state index is -0.633. The lowest BCUT2D eigenvalue weighted by Crippen LogP contribution is -2.46. The molecule has 0 bridgehead atoms. The van der Waals surface area contributed by atoms with Crippen molar-refractivity contribution in [2.75, 3.05) is 7.11 Å². The fourth-order valence-electron chi connectivity index (χ4n) is 2.71. The van der Waals surface area contributed by atoms with Crippen LogP contribution in [0.1, 0.15) is 19.4 Å². The average Bonchev–Trinajstić information content (AvgIpc) is 2.48. The van der Waals surface area contributed by atoms with Gasteiger partial charge in [-0.3, -0.25) is 0 Å². The Morgan fingerprint density at radius 3 is 2.45 bits per heavy atom. The fraction of sp³-hybridized carbons (Fsp3) is 0.333. The third-order valence-corrected chi connectivity index (χ3v) is 4.16. The Morgan fingerprint density at radius 2 is 1.82 bits per heavy atom. The molecule has 4 nitrogen and oxygen atoms in total. The summed E-state index contributed by atoms with van der Waals surface area (Å²) < 4.78 is 11.5. The Kier molecular flexibility index (Phi) is 3.49. The summed E-state index contributed by atoms with van der Waals surface area (Å²) in [5, 5.41) is 19.6. The Morgan fingerprint density at radius 1 is 1.14 bits per heavy atom. The molecule has 3 rings (SSSR count). The molecule has 4 heteroatoms. The normalized spacial score (nSPS) is 19.2. The molecule has 2 aromatic carbocycles. The van der Waals surface area contributed by atoms with Gasteiger partial charge in [0.1, 0.15) is 22.8 Å². The number of aliphatic hydroxyl groups is 1. The second-order valence-corrected chi connectivity index (χ2v) is 6.13. The van der Waals surface area contributed by atoms with E-state index in [2.05, 4.69) is 0 Å². The molecule has 0 saturated heterocycles. The number of fused-ring (bicyclic) bond motifs is 1. The molecule has 1 aliphatic heterocycles. The lowest BCUT2D eigenvalue weighted by Gasteiger charge is -2.37. The van der Waals surface area contributed by atoms with Crippen molar-refractivity contribution in [3.63, 3.8) is 0 Å². The molecular formula is C18H20O4. The highest BCUT2D eigenvalue weighted by Gasteiger charge is 2.37. The smallest absolute Gasteiger partial charge is 0.129 e. The Balaban J connectivity index is 2.10. The number of ether oxygens (including phenoxy) is 2. The van der Waals surface area contributed by atoms with E-state index < -0.39 is 11.7 Å². The highest BCUT2D eigenvalue weighted by atomic mass is 16.5. The van der Waals surface area contributed by atoms with Crippen molar-refractivity contribution >= 4 is 0 Å². The lowest BCUT2D eigenvalue weighted by atomic mass is 9.89. The van der Waals surface area contributed by atoms with Crippen molar-refractivity contribution in [3.05, 3.63) is 42.0 Å². The first-order valence-corrected chi connectivity index (χ1v) is 7.28. The third-order valence-electron chi connectivity index (χ3n) is 4.16. The molecule has 1 heterocycles. The van der Waals surface area contributed by atoms with Gasteiger partial charge in [0.15, 0.2) is 0 Å². The molecule has 0 saturated carbocycles. The van der Waals surface area contributed by atoms with Gasteiger partial charge in [-0.2, -0.15) is 0 Å². The molecule has 0 aliphatic carbocycles. The highest BCUT2D eigenvalue weighted by molar-refractivity contribution is 5.70. The Labute approximate surface area is 129 Å². The van der Waals surface area contributed by atoms with E-state index in [1.807, 2.05) is 38.1 Å². The number of hydrogen-bond donors (Lipinski definition) is 2. The van der Waals surface area contributed by atoms with Crippen LogP contribution in [0.5, 0.6) is 17.2 Å². The molecular weight excluding hydrogens is 280 g/mol. The van der Waals surface area contributed by atoms with Gasteiger partial charge in [0, 0.05) is 12.0 Å². The molecule has 0 amide bonds. The van der Waals surface area contributed by atoms with Crippen LogP contribution in [-0.2, 0) is 6.42 Å². The minimum Gasteiger partial charge on any atom is -0.508 e. The monoisotopic (exact) mass is 300 g/mol. The van der Waals surface area contributed by atoms with E-state index in [1.54, 1.807) is 19.2 Å². The Hall–Kier alpha value is -2.20. The van der Waals surface area contributed by atoms with Crippen LogP contribution >= 0.6 is 0 Å². The van der Waals surface area contributed by atoms with Crippen molar-refractivity contribution in [2.45, 2.75) is 32.0 Å². The number of benzene rings is 2. The molecule has 1 atom stereocenters. The Bertz CT molecular complexity index is 689. The van der Waals surface area contributed by atoms with Crippen molar-refractivity contribution < 1.29 is 19.7 Å². The number of hydrogen-bond acceptors (Lipinski definition) is 4. The van der Waals surface area contributed by atoms with E-state index >= 15 is 0 Å². The first kappa shape index (κ1) is 14.7. The summed E-state index contributed by atoms with van der Waals surface area (Å²) in [5.74, 6) is 1.67. The molecule has 0 radical (unpaired) electrons. The van der Waals surface area contributed by atoms with Crippen LogP contribution in [-0.4, -0.2) is 29.0 Å². The second kappa shape index (κ2) is 5.21. The molecule has 2 N–H and O–H groups in total. The molecule has 116 valence electrons. The quantitative estimate of drug-likeness (QED) is 0.894. The summed E-state index contributed by atoms with van der Waals surface area (Å²) in [6.07, 6.45) is -0.0742. The van der Waals surface area contributed by atoms with Gasteiger partial charge in [0.05, 0.1) is 13.2 Å². The molecule has 0 fully saturated rings. The van der Waals surface area contributed by atoms with Gasteiger partial charge in [-0.25, -0.2) is 0 Å². The van der Waals surface area contributed by atoms with Gasteiger partial charge < -0.3 is 19.7 Å². The summed E-state index contributed by atoms with van der Waals surface area (Å²) in [4.78, 5) is 0. The molecule has 0 spiro atoms. The van der Waals surface area contributed by atoms with Crippen LogP contribution in [0.2, 0.25) is 0 Å². The van der Waals surface area contributed by atoms with Crippen LogP contribution in [0.15, 0.2) is 36.4 Å². The predicted molar refractivity (Wildman–Crippen MR) is 84.5 cm³/mol. The predicted octanol–water partition coefficient (Wildman–Crippen LogP) is 3.14. The molecule has 0 aromatic heterocycles. The average molecular weight is 300 g/mol. The summed E-state index contributed by atoms with van der Waals surface area (Å²) in [5.41, 5.74) is 2.16. The van der Waals surface area contributed by atoms with Gasteiger partial charge in [0.25, 0.3) is 0 Å². The zero-order chi connectivity index (χ0) is 15.9. The number of methoxy groups -OCH3 is 1. The van der Waals surface area contributed by atoms with Crippen LogP contribution < -0.4 is 9.47 Å². The van der Waals surface area contributed by atoms with Gasteiger partial charge in [0.2, 0.25) is 0 Å². The summed E-state index contributed by atoms with van der Waals surface area (Å²) in [7, 11) is 1.61. The molecule has 1 aliphatic rings. The van der Waals surface area contributed by atoms with Crippen molar-refractivity contribution in [1.82, 2.24) is 0 Å². The summed E-state index contributed by atoms with van der Waals surface area (Å²) >= 11 is 0. The number of aromatic hydroxyl groups is 1. The maximum absolute atomic E-state index is 10.2. The van der Waals surface area contributed by atoms with Crippen LogP contribution in [0, 0.1) is 0 Å². The zero-order valence-electron chi connectivity index (χ0n) is 13.0. The number of phenols is 1. The fourth-order valence-corrected chi connectivity index (χ4v) is 2.71. The highest BCUT2D eigenvalue weighted by Crippen LogP contribution is 2.42. The topological polar surface area (TPSA) is 58.9 Å². The first-order chi connectivity index (χ1) is 10.4. The maximum atomic E-state index is 10.2. The van der Waals surface area contributed by atoms with Crippen molar-refractivity contribution in [1.29, 1.82) is 0 Å². The van der Waals surface area contributed by atoms with Crippen molar-refractivity contribution in [2.24, 2.45) is 0 Å². The maximum Gasteiger partial charge on any atom is 0.129 e. The second-order valence-electron chi connectivity index (χ2n) is 6.13. The number of phenolic OH excluding ortho intramolecular Hbond substituents is 1. The van der Waals surface area contributed by atoms with Gasteiger partial charge in [-0.15, -0.1) is 0 Å². The van der Waals surface area contributed by atoms with Crippen molar-refractivity contribution in [3.8, 4) is 28.4 Å². The standard InChI is InChI=1S/C18H20O4/c1-18(2)17(20)10-14-15(21-3)8-12(9-16(14)22-18)11-4-6-13(19)7-5-11/h4-9,17,19-20H,10H2,1-3H3/t17-/m0/s1. The van der Waals surface area contributed by atoms with Crippen LogP contribution in [0.4, 0.5) is 0 Å². The van der Waals surface area contributed by atoms with E-state index in [1.165, 1.54) is 0 Å². The SMILES string of the molecule is COc1cc(-c2ccc(O)cc2)cc2c1C[C@H](O)C(C)(C)O2. The molecule has 22 heavy (non-hydrogen) atoms. The van der Waals surface area contributed by atoms with Gasteiger partial charge >= 0.3 is 0 Å². The largest absolute Gasteiger partial charge is 0.508 e. The van der Waals surface area contributed by atoms with E-state index in [0.29, 0.717) is 12.2 Å². The zero-order valence-corrected chi connectivity index (χ0v) is 13.0. The van der Waals surface area contributed by atoms with Gasteiger partial charge in [-0.1, -0.05) is 12.1 Å². The molecule has 2 aromatic rings. The lowest BCUT2D eigenvalue weighted by molar-refractivity contribution is -0.0416. The van der Waals surface area contributed by atoms with Crippen LogP contribution in [0.3, 0.4) is 0 Å². The third kappa shape index (κ3) is 2.50.